The van der Waals surface area contributed by atoms with Crippen molar-refractivity contribution in [3.05, 3.63) is 22.8 Å². The van der Waals surface area contributed by atoms with Crippen molar-refractivity contribution in [3.63, 3.8) is 0 Å². The van der Waals surface area contributed by atoms with Crippen LogP contribution in [0.5, 0.6) is 0 Å². The molecular formula is C12H16N4O2S. The number of aromatic nitrogens is 3. The van der Waals surface area contributed by atoms with Gasteiger partial charge in [-0.2, -0.15) is 5.10 Å². The summed E-state index contributed by atoms with van der Waals surface area (Å²) in [5.41, 5.74) is 0.655. The van der Waals surface area contributed by atoms with Crippen LogP contribution in [0.15, 0.2) is 12.3 Å². The number of hydrogen-bond acceptors (Lipinski definition) is 6. The topological polar surface area (TPSA) is 69.0 Å². The van der Waals surface area contributed by atoms with Crippen molar-refractivity contribution in [2.24, 2.45) is 0 Å². The van der Waals surface area contributed by atoms with Crippen molar-refractivity contribution in [2.75, 3.05) is 12.4 Å². The van der Waals surface area contributed by atoms with E-state index in [1.54, 1.807) is 6.92 Å². The Morgan fingerprint density at radius 2 is 2.26 bits per heavy atom. The normalized spacial score (nSPS) is 10.8. The minimum Gasteiger partial charge on any atom is -0.465 e. The average molecular weight is 280 g/mol. The lowest BCUT2D eigenvalue weighted by molar-refractivity contribution is 0.0605. The summed E-state index contributed by atoms with van der Waals surface area (Å²) in [5, 5.41) is 8.08. The van der Waals surface area contributed by atoms with E-state index in [1.165, 1.54) is 18.4 Å². The van der Waals surface area contributed by atoms with E-state index in [0.29, 0.717) is 27.6 Å². The monoisotopic (exact) mass is 280 g/mol. The van der Waals surface area contributed by atoms with Gasteiger partial charge in [-0.3, -0.25) is 4.68 Å². The molecule has 0 aliphatic heterocycles. The SMILES string of the molecule is COC(=O)c1sc(Nc2ccn(C(C)C)n2)nc1C. The molecule has 1 N–H and O–H groups in total. The molecule has 0 spiro atoms. The Morgan fingerprint density at radius 1 is 1.53 bits per heavy atom. The summed E-state index contributed by atoms with van der Waals surface area (Å²) < 4.78 is 6.55. The lowest BCUT2D eigenvalue weighted by Crippen LogP contribution is -2.01. The first-order chi connectivity index (χ1) is 9.01. The molecule has 0 aliphatic rings. The molecule has 2 heterocycles. The molecule has 0 saturated heterocycles. The van der Waals surface area contributed by atoms with Crippen LogP contribution in [-0.4, -0.2) is 27.8 Å². The minimum atomic E-state index is -0.365. The summed E-state index contributed by atoms with van der Waals surface area (Å²) in [4.78, 5) is 16.3. The van der Waals surface area contributed by atoms with E-state index in [-0.39, 0.29) is 5.97 Å². The maximum atomic E-state index is 11.5. The predicted molar refractivity (Wildman–Crippen MR) is 74.1 cm³/mol. The van der Waals surface area contributed by atoms with Gasteiger partial charge in [0.2, 0.25) is 0 Å². The number of anilines is 2. The van der Waals surface area contributed by atoms with E-state index in [4.69, 9.17) is 4.74 Å². The first-order valence-corrected chi connectivity index (χ1v) is 6.71. The fraction of sp³-hybridized carbons (Fsp3) is 0.417. The Labute approximate surface area is 115 Å². The second kappa shape index (κ2) is 5.40. The highest BCUT2D eigenvalue weighted by Gasteiger charge is 2.16. The molecule has 2 aromatic rings. The third-order valence-electron chi connectivity index (χ3n) is 2.54. The van der Waals surface area contributed by atoms with Gasteiger partial charge in [0, 0.05) is 18.3 Å². The third-order valence-corrected chi connectivity index (χ3v) is 3.59. The number of aryl methyl sites for hydroxylation is 1. The molecule has 0 fully saturated rings. The third kappa shape index (κ3) is 2.93. The number of carbonyl (C=O) groups excluding carboxylic acids is 1. The fourth-order valence-corrected chi connectivity index (χ4v) is 2.43. The molecule has 0 bridgehead atoms. The van der Waals surface area contributed by atoms with Gasteiger partial charge in [0.1, 0.15) is 4.88 Å². The van der Waals surface area contributed by atoms with E-state index in [2.05, 4.69) is 29.2 Å². The molecule has 7 heteroatoms. The van der Waals surface area contributed by atoms with Crippen LogP contribution in [0, 0.1) is 6.92 Å². The lowest BCUT2D eigenvalue weighted by Gasteiger charge is -2.03. The van der Waals surface area contributed by atoms with Gasteiger partial charge in [-0.25, -0.2) is 9.78 Å². The molecular weight excluding hydrogens is 264 g/mol. The van der Waals surface area contributed by atoms with Crippen LogP contribution in [0.4, 0.5) is 10.9 Å². The van der Waals surface area contributed by atoms with Crippen LogP contribution in [0.25, 0.3) is 0 Å². The van der Waals surface area contributed by atoms with Crippen LogP contribution in [0.2, 0.25) is 0 Å². The Hall–Kier alpha value is -1.89. The number of hydrogen-bond donors (Lipinski definition) is 1. The Morgan fingerprint density at radius 3 is 2.84 bits per heavy atom. The predicted octanol–water partition coefficient (Wildman–Crippen LogP) is 2.76. The van der Waals surface area contributed by atoms with Crippen molar-refractivity contribution < 1.29 is 9.53 Å². The lowest BCUT2D eigenvalue weighted by atomic mass is 10.4. The number of nitrogens with one attached hydrogen (secondary N) is 1. The molecule has 0 aromatic carbocycles. The number of thiazole rings is 1. The van der Waals surface area contributed by atoms with Gasteiger partial charge in [-0.1, -0.05) is 11.3 Å². The smallest absolute Gasteiger partial charge is 0.350 e. The molecule has 0 radical (unpaired) electrons. The number of carbonyl (C=O) groups is 1. The van der Waals surface area contributed by atoms with E-state index >= 15 is 0 Å². The van der Waals surface area contributed by atoms with Crippen LogP contribution < -0.4 is 5.32 Å². The molecule has 2 rings (SSSR count). The van der Waals surface area contributed by atoms with Gasteiger partial charge < -0.3 is 10.1 Å². The molecule has 0 aliphatic carbocycles. The van der Waals surface area contributed by atoms with Crippen LogP contribution in [0.3, 0.4) is 0 Å². The first kappa shape index (κ1) is 13.5. The number of esters is 1. The van der Waals surface area contributed by atoms with Crippen LogP contribution >= 0.6 is 11.3 Å². The summed E-state index contributed by atoms with van der Waals surface area (Å²) in [6, 6.07) is 2.17. The second-order valence-electron chi connectivity index (χ2n) is 4.32. The van der Waals surface area contributed by atoms with E-state index in [1.807, 2.05) is 16.9 Å². The van der Waals surface area contributed by atoms with Gasteiger partial charge in [0.05, 0.1) is 12.8 Å². The van der Waals surface area contributed by atoms with Gasteiger partial charge in [0.15, 0.2) is 10.9 Å². The van der Waals surface area contributed by atoms with Crippen LogP contribution in [0.1, 0.15) is 35.3 Å². The van der Waals surface area contributed by atoms with Gasteiger partial charge >= 0.3 is 5.97 Å². The minimum absolute atomic E-state index is 0.305. The summed E-state index contributed by atoms with van der Waals surface area (Å²) in [6.45, 7) is 5.89. The Bertz CT molecular complexity index is 588. The van der Waals surface area contributed by atoms with Gasteiger partial charge in [0.25, 0.3) is 0 Å². The largest absolute Gasteiger partial charge is 0.465 e. The van der Waals surface area contributed by atoms with Crippen molar-refractivity contribution in [1.82, 2.24) is 14.8 Å². The summed E-state index contributed by atoms with van der Waals surface area (Å²) in [6.07, 6.45) is 1.90. The number of rotatable bonds is 4. The van der Waals surface area contributed by atoms with Crippen molar-refractivity contribution in [1.29, 1.82) is 0 Å². The molecule has 0 unspecified atom stereocenters. The molecule has 0 saturated carbocycles. The molecule has 19 heavy (non-hydrogen) atoms. The average Bonchev–Trinajstić information content (AvgIpc) is 2.96. The van der Waals surface area contributed by atoms with Crippen LogP contribution in [-0.2, 0) is 4.74 Å². The zero-order valence-electron chi connectivity index (χ0n) is 11.3. The maximum absolute atomic E-state index is 11.5. The highest BCUT2D eigenvalue weighted by molar-refractivity contribution is 7.17. The van der Waals surface area contributed by atoms with Gasteiger partial charge in [-0.15, -0.1) is 0 Å². The maximum Gasteiger partial charge on any atom is 0.350 e. The fourth-order valence-electron chi connectivity index (χ4n) is 1.53. The second-order valence-corrected chi connectivity index (χ2v) is 5.32. The summed E-state index contributed by atoms with van der Waals surface area (Å²) in [7, 11) is 1.36. The Kier molecular flexibility index (Phi) is 3.84. The molecule has 0 atom stereocenters. The zero-order valence-corrected chi connectivity index (χ0v) is 12.1. The van der Waals surface area contributed by atoms with E-state index in [9.17, 15) is 4.79 Å². The van der Waals surface area contributed by atoms with E-state index in [0.717, 1.165) is 0 Å². The van der Waals surface area contributed by atoms with Crippen molar-refractivity contribution >= 4 is 28.3 Å². The van der Waals surface area contributed by atoms with Gasteiger partial charge in [-0.05, 0) is 20.8 Å². The molecule has 6 nitrogen and oxygen atoms in total. The highest BCUT2D eigenvalue weighted by atomic mass is 32.1. The summed E-state index contributed by atoms with van der Waals surface area (Å²) >= 11 is 1.26. The summed E-state index contributed by atoms with van der Waals surface area (Å²) in [5.74, 6) is 0.342. The molecule has 102 valence electrons. The van der Waals surface area contributed by atoms with Crippen molar-refractivity contribution in [3.8, 4) is 0 Å². The molecule has 0 amide bonds. The highest BCUT2D eigenvalue weighted by Crippen LogP contribution is 2.25. The number of methoxy groups -OCH3 is 1. The standard InChI is InChI=1S/C12H16N4O2S/c1-7(2)16-6-5-9(15-16)14-12-13-8(3)10(19-12)11(17)18-4/h5-7H,1-4H3,(H,13,14,15). The zero-order chi connectivity index (χ0) is 14.0. The Balaban J connectivity index is 2.17. The van der Waals surface area contributed by atoms with E-state index < -0.39 is 0 Å². The quantitative estimate of drug-likeness (QED) is 0.872. The van der Waals surface area contributed by atoms with Crippen molar-refractivity contribution in [2.45, 2.75) is 26.8 Å². The molecule has 2 aromatic heterocycles. The number of ether oxygens (including phenoxy) is 1. The first-order valence-electron chi connectivity index (χ1n) is 5.89. The number of nitrogens with zero attached hydrogens (tertiary/aromatic N) is 3.